The molecule has 0 radical (unpaired) electrons. The lowest BCUT2D eigenvalue weighted by atomic mass is 9.95. The van der Waals surface area contributed by atoms with Crippen LogP contribution in [-0.4, -0.2) is 62.8 Å². The average Bonchev–Trinajstić information content (AvgIpc) is 3.31. The minimum absolute atomic E-state index is 0.0191. The van der Waals surface area contributed by atoms with Crippen molar-refractivity contribution in [3.05, 3.63) is 65.4 Å². The Hall–Kier alpha value is -4.87. The molecule has 2 heterocycles. The number of fused-ring (bicyclic) bond motifs is 3. The monoisotopic (exact) mass is 590 g/mol. The van der Waals surface area contributed by atoms with E-state index in [9.17, 15) is 24.0 Å². The number of carboxylic acid groups (broad SMARTS) is 1. The van der Waals surface area contributed by atoms with Crippen molar-refractivity contribution in [2.24, 2.45) is 11.7 Å². The molecular formula is C31H38N6O6. The molecule has 0 unspecified atom stereocenters. The predicted octanol–water partition coefficient (Wildman–Crippen LogP) is 2.80. The van der Waals surface area contributed by atoms with Crippen LogP contribution in [0.2, 0.25) is 0 Å². The molecule has 1 aliphatic heterocycles. The van der Waals surface area contributed by atoms with Crippen molar-refractivity contribution in [3.8, 4) is 0 Å². The maximum atomic E-state index is 13.9. The fraction of sp³-hybridized carbons (Fsp3) is 0.387. The van der Waals surface area contributed by atoms with E-state index in [-0.39, 0.29) is 38.1 Å². The summed E-state index contributed by atoms with van der Waals surface area (Å²) in [4.78, 5) is 68.6. The van der Waals surface area contributed by atoms with Crippen LogP contribution in [0.5, 0.6) is 0 Å². The van der Waals surface area contributed by atoms with Gasteiger partial charge in [0.05, 0.1) is 6.54 Å². The molecule has 4 rings (SSSR count). The second-order valence-corrected chi connectivity index (χ2v) is 11.4. The number of aromatic amines is 1. The first-order chi connectivity index (χ1) is 20.4. The van der Waals surface area contributed by atoms with Gasteiger partial charge in [-0.05, 0) is 55.0 Å². The van der Waals surface area contributed by atoms with Crippen LogP contribution >= 0.6 is 0 Å². The van der Waals surface area contributed by atoms with Crippen LogP contribution in [0, 0.1) is 12.8 Å². The number of urea groups is 1. The van der Waals surface area contributed by atoms with Gasteiger partial charge in [0.25, 0.3) is 0 Å². The van der Waals surface area contributed by atoms with E-state index >= 15 is 0 Å². The Labute approximate surface area is 249 Å². The molecule has 12 nitrogen and oxygen atoms in total. The Morgan fingerprint density at radius 3 is 2.47 bits per heavy atom. The largest absolute Gasteiger partial charge is 0.481 e. The third kappa shape index (κ3) is 7.70. The van der Waals surface area contributed by atoms with Crippen molar-refractivity contribution in [2.45, 2.75) is 71.1 Å². The summed E-state index contributed by atoms with van der Waals surface area (Å²) in [6.45, 7) is 5.80. The molecule has 7 N–H and O–H groups in total. The van der Waals surface area contributed by atoms with Crippen LogP contribution in [0.1, 0.15) is 49.9 Å². The van der Waals surface area contributed by atoms with Crippen molar-refractivity contribution in [1.82, 2.24) is 20.5 Å². The first-order valence-corrected chi connectivity index (χ1v) is 14.3. The minimum Gasteiger partial charge on any atom is -0.481 e. The maximum absolute atomic E-state index is 13.9. The number of hydrogen-bond acceptors (Lipinski definition) is 5. The van der Waals surface area contributed by atoms with Gasteiger partial charge in [-0.2, -0.15) is 0 Å². The standard InChI is InChI=1S/C31H38N6O6/c1-17(2)13-24(29(41)35-23(28(32)40)11-12-27(38)39)36-30(42)26-15-21-20-9-4-5-10-22(20)34-25(21)16-37(26)31(43)33-19-8-6-7-18(3)14-19/h4-10,14,17,23-24,26,34H,11-13,15-16H2,1-3H3,(H2,32,40)(H,33,43)(H,35,41)(H,36,42)(H,38,39)/t23-,24-,26+/m1/s1. The molecule has 2 aromatic carbocycles. The molecule has 0 aliphatic carbocycles. The summed E-state index contributed by atoms with van der Waals surface area (Å²) < 4.78 is 0. The van der Waals surface area contributed by atoms with Gasteiger partial charge in [0.2, 0.25) is 17.7 Å². The molecule has 43 heavy (non-hydrogen) atoms. The highest BCUT2D eigenvalue weighted by molar-refractivity contribution is 5.97. The lowest BCUT2D eigenvalue weighted by Crippen LogP contribution is -2.59. The Balaban J connectivity index is 1.60. The highest BCUT2D eigenvalue weighted by Gasteiger charge is 2.38. The van der Waals surface area contributed by atoms with Gasteiger partial charge < -0.3 is 36.7 Å². The molecule has 12 heteroatoms. The highest BCUT2D eigenvalue weighted by Crippen LogP contribution is 2.31. The van der Waals surface area contributed by atoms with E-state index in [1.54, 1.807) is 6.07 Å². The van der Waals surface area contributed by atoms with E-state index in [4.69, 9.17) is 10.8 Å². The number of nitrogens with zero attached hydrogens (tertiary/aromatic N) is 1. The highest BCUT2D eigenvalue weighted by atomic mass is 16.4. The molecule has 1 aromatic heterocycles. The number of aromatic nitrogens is 1. The van der Waals surface area contributed by atoms with Crippen LogP contribution in [0.3, 0.4) is 0 Å². The molecule has 3 atom stereocenters. The second kappa shape index (κ2) is 13.4. The van der Waals surface area contributed by atoms with Crippen molar-refractivity contribution in [1.29, 1.82) is 0 Å². The molecule has 0 fully saturated rings. The number of benzene rings is 2. The van der Waals surface area contributed by atoms with E-state index in [2.05, 4.69) is 20.9 Å². The van der Waals surface area contributed by atoms with Gasteiger partial charge in [0.1, 0.15) is 18.1 Å². The average molecular weight is 591 g/mol. The summed E-state index contributed by atoms with van der Waals surface area (Å²) >= 11 is 0. The summed E-state index contributed by atoms with van der Waals surface area (Å²) in [7, 11) is 0. The summed E-state index contributed by atoms with van der Waals surface area (Å²) in [5.74, 6) is -3.21. The van der Waals surface area contributed by atoms with Gasteiger partial charge in [-0.1, -0.05) is 44.2 Å². The molecule has 0 spiro atoms. The second-order valence-electron chi connectivity index (χ2n) is 11.4. The van der Waals surface area contributed by atoms with Crippen molar-refractivity contribution >= 4 is 46.3 Å². The third-order valence-electron chi connectivity index (χ3n) is 7.48. The van der Waals surface area contributed by atoms with Gasteiger partial charge in [-0.25, -0.2) is 4.79 Å². The number of aryl methyl sites for hydroxylation is 1. The molecule has 5 amide bonds. The number of carbonyl (C=O) groups is 5. The number of carbonyl (C=O) groups excluding carboxylic acids is 4. The lowest BCUT2D eigenvalue weighted by molar-refractivity contribution is -0.138. The summed E-state index contributed by atoms with van der Waals surface area (Å²) in [6.07, 6.45) is -0.0970. The molecule has 228 valence electrons. The number of aliphatic carboxylic acids is 1. The molecule has 1 aliphatic rings. The van der Waals surface area contributed by atoms with Gasteiger partial charge in [-0.15, -0.1) is 0 Å². The van der Waals surface area contributed by atoms with Crippen molar-refractivity contribution in [3.63, 3.8) is 0 Å². The van der Waals surface area contributed by atoms with Gasteiger partial charge >= 0.3 is 12.0 Å². The number of nitrogens with two attached hydrogens (primary N) is 1. The summed E-state index contributed by atoms with van der Waals surface area (Å²) in [6, 6.07) is 11.3. The fourth-order valence-electron chi connectivity index (χ4n) is 5.37. The number of amides is 5. The van der Waals surface area contributed by atoms with Crippen LogP contribution in [0.15, 0.2) is 48.5 Å². The zero-order valence-electron chi connectivity index (χ0n) is 24.5. The predicted molar refractivity (Wildman–Crippen MR) is 161 cm³/mol. The smallest absolute Gasteiger partial charge is 0.322 e. The van der Waals surface area contributed by atoms with E-state index in [0.29, 0.717) is 5.69 Å². The number of para-hydroxylation sites is 1. The fourth-order valence-corrected chi connectivity index (χ4v) is 5.37. The first-order valence-electron chi connectivity index (χ1n) is 14.3. The van der Waals surface area contributed by atoms with Crippen LogP contribution in [0.4, 0.5) is 10.5 Å². The topological polar surface area (TPSA) is 187 Å². The van der Waals surface area contributed by atoms with E-state index < -0.39 is 47.8 Å². The molecule has 0 bridgehead atoms. The van der Waals surface area contributed by atoms with Crippen LogP contribution in [-0.2, 0) is 32.1 Å². The van der Waals surface area contributed by atoms with Gasteiger partial charge in [-0.3, -0.25) is 19.2 Å². The molecular weight excluding hydrogens is 552 g/mol. The third-order valence-corrected chi connectivity index (χ3v) is 7.48. The van der Waals surface area contributed by atoms with E-state index in [1.165, 1.54) is 4.90 Å². The number of nitrogens with one attached hydrogen (secondary N) is 4. The SMILES string of the molecule is Cc1cccc(NC(=O)N2Cc3[nH]c4ccccc4c3C[C@H]2C(=O)N[C@H](CC(C)C)C(=O)N[C@H](CCC(=O)O)C(N)=O)c1. The number of H-pyrrole nitrogens is 1. The maximum Gasteiger partial charge on any atom is 0.322 e. The Morgan fingerprint density at radius 2 is 1.79 bits per heavy atom. The van der Waals surface area contributed by atoms with Crippen molar-refractivity contribution < 1.29 is 29.1 Å². The van der Waals surface area contributed by atoms with Gasteiger partial charge in [0, 0.05) is 35.1 Å². The minimum atomic E-state index is -1.21. The number of hydrogen-bond donors (Lipinski definition) is 6. The zero-order chi connectivity index (χ0) is 31.3. The Morgan fingerprint density at radius 1 is 1.05 bits per heavy atom. The number of carboxylic acids is 1. The van der Waals surface area contributed by atoms with Crippen LogP contribution in [0.25, 0.3) is 10.9 Å². The van der Waals surface area contributed by atoms with E-state index in [0.717, 1.165) is 27.7 Å². The molecule has 0 saturated heterocycles. The van der Waals surface area contributed by atoms with Crippen molar-refractivity contribution in [2.75, 3.05) is 5.32 Å². The number of rotatable bonds is 11. The molecule has 3 aromatic rings. The number of primary amides is 1. The summed E-state index contributed by atoms with van der Waals surface area (Å²) in [5, 5.41) is 18.2. The van der Waals surface area contributed by atoms with Gasteiger partial charge in [0.15, 0.2) is 0 Å². The van der Waals surface area contributed by atoms with E-state index in [1.807, 2.05) is 63.2 Å². The van der Waals surface area contributed by atoms with Crippen LogP contribution < -0.4 is 21.7 Å². The zero-order valence-corrected chi connectivity index (χ0v) is 24.5. The first kappa shape index (κ1) is 31.1. The Bertz CT molecular complexity index is 1530. The normalized spacial score (nSPS) is 15.8. The quantitative estimate of drug-likeness (QED) is 0.199. The lowest BCUT2D eigenvalue weighted by Gasteiger charge is -2.35. The Kier molecular flexibility index (Phi) is 9.69. The summed E-state index contributed by atoms with van der Waals surface area (Å²) in [5.41, 5.74) is 9.59. The molecule has 0 saturated carbocycles. The number of anilines is 1.